The second-order valence-electron chi connectivity index (χ2n) is 5.92. The van der Waals surface area contributed by atoms with E-state index in [2.05, 4.69) is 6.92 Å². The summed E-state index contributed by atoms with van der Waals surface area (Å²) in [7, 11) is 0. The molecule has 1 saturated carbocycles. The highest BCUT2D eigenvalue weighted by atomic mass is 16.1. The standard InChI is InChI=1S/C16H30O.CH4/c1-15-12-10-8-6-4-2-3-5-7-9-11-13-16(17)14-15;/h15H,2-14H2,1H3;1H4. The van der Waals surface area contributed by atoms with E-state index in [-0.39, 0.29) is 7.43 Å². The molecular formula is C17H34O. The number of ketones is 1. The maximum absolute atomic E-state index is 11.7. The Labute approximate surface area is 115 Å². The van der Waals surface area contributed by atoms with Crippen molar-refractivity contribution in [3.63, 3.8) is 0 Å². The first-order valence-corrected chi connectivity index (χ1v) is 7.81. The van der Waals surface area contributed by atoms with Crippen LogP contribution in [-0.4, -0.2) is 5.78 Å². The van der Waals surface area contributed by atoms with Gasteiger partial charge < -0.3 is 0 Å². The van der Waals surface area contributed by atoms with Gasteiger partial charge in [0.25, 0.3) is 0 Å². The van der Waals surface area contributed by atoms with E-state index in [1.54, 1.807) is 0 Å². The van der Waals surface area contributed by atoms with Crippen molar-refractivity contribution in [1.82, 2.24) is 0 Å². The molecule has 0 radical (unpaired) electrons. The van der Waals surface area contributed by atoms with Gasteiger partial charge in [0.1, 0.15) is 5.78 Å². The van der Waals surface area contributed by atoms with E-state index >= 15 is 0 Å². The highest BCUT2D eigenvalue weighted by Gasteiger charge is 2.09. The second-order valence-corrected chi connectivity index (χ2v) is 5.92. The molecule has 0 N–H and O–H groups in total. The van der Waals surface area contributed by atoms with E-state index in [1.807, 2.05) is 0 Å². The summed E-state index contributed by atoms with van der Waals surface area (Å²) in [6, 6.07) is 0. The normalized spacial score (nSPS) is 25.6. The van der Waals surface area contributed by atoms with Gasteiger partial charge in [0.05, 0.1) is 0 Å². The fourth-order valence-electron chi connectivity index (χ4n) is 2.82. The Bertz CT molecular complexity index is 198. The topological polar surface area (TPSA) is 17.1 Å². The van der Waals surface area contributed by atoms with Crippen LogP contribution in [0.25, 0.3) is 0 Å². The number of Topliss-reactive ketones (excluding diaryl/α,β-unsaturated/α-hetero) is 1. The highest BCUT2D eigenvalue weighted by Crippen LogP contribution is 2.18. The van der Waals surface area contributed by atoms with E-state index in [0.717, 1.165) is 19.3 Å². The molecule has 1 fully saturated rings. The molecule has 0 aromatic rings. The third-order valence-corrected chi connectivity index (χ3v) is 3.98. The number of hydrogen-bond acceptors (Lipinski definition) is 1. The van der Waals surface area contributed by atoms with Crippen LogP contribution in [0.15, 0.2) is 0 Å². The van der Waals surface area contributed by atoms with Gasteiger partial charge in [0.15, 0.2) is 0 Å². The molecule has 108 valence electrons. The molecule has 0 heterocycles. The van der Waals surface area contributed by atoms with Gasteiger partial charge in [-0.25, -0.2) is 0 Å². The summed E-state index contributed by atoms with van der Waals surface area (Å²) in [4.78, 5) is 11.7. The van der Waals surface area contributed by atoms with Crippen molar-refractivity contribution < 1.29 is 4.79 Å². The van der Waals surface area contributed by atoms with Crippen LogP contribution in [-0.2, 0) is 4.79 Å². The van der Waals surface area contributed by atoms with Crippen molar-refractivity contribution in [2.24, 2.45) is 5.92 Å². The SMILES string of the molecule is C.CC1CCCCCCCCCCCCC(=O)C1. The zero-order valence-electron chi connectivity index (χ0n) is 11.7. The van der Waals surface area contributed by atoms with Crippen LogP contribution >= 0.6 is 0 Å². The number of hydrogen-bond donors (Lipinski definition) is 0. The van der Waals surface area contributed by atoms with Crippen molar-refractivity contribution in [1.29, 1.82) is 0 Å². The predicted octanol–water partition coefficient (Wildman–Crippen LogP) is 5.91. The summed E-state index contributed by atoms with van der Waals surface area (Å²) in [5, 5.41) is 0. The van der Waals surface area contributed by atoms with Gasteiger partial charge in [0.2, 0.25) is 0 Å². The maximum atomic E-state index is 11.7. The average Bonchev–Trinajstić information content (AvgIpc) is 2.30. The minimum atomic E-state index is 0. The molecule has 1 rings (SSSR count). The van der Waals surface area contributed by atoms with Crippen molar-refractivity contribution in [3.8, 4) is 0 Å². The Morgan fingerprint density at radius 3 is 1.78 bits per heavy atom. The number of carbonyl (C=O) groups is 1. The Balaban J connectivity index is 0.00000289. The minimum absolute atomic E-state index is 0. The monoisotopic (exact) mass is 254 g/mol. The first-order valence-electron chi connectivity index (χ1n) is 7.81. The molecule has 1 unspecified atom stereocenters. The van der Waals surface area contributed by atoms with Crippen molar-refractivity contribution >= 4 is 5.78 Å². The molecule has 0 aromatic heterocycles. The lowest BCUT2D eigenvalue weighted by molar-refractivity contribution is -0.120. The highest BCUT2D eigenvalue weighted by molar-refractivity contribution is 5.78. The van der Waals surface area contributed by atoms with E-state index < -0.39 is 0 Å². The Morgan fingerprint density at radius 2 is 1.22 bits per heavy atom. The van der Waals surface area contributed by atoms with Gasteiger partial charge in [0, 0.05) is 12.8 Å². The molecule has 0 amide bonds. The average molecular weight is 254 g/mol. The summed E-state index contributed by atoms with van der Waals surface area (Å²) >= 11 is 0. The van der Waals surface area contributed by atoms with Crippen LogP contribution in [0, 0.1) is 5.92 Å². The lowest BCUT2D eigenvalue weighted by Gasteiger charge is -2.10. The largest absolute Gasteiger partial charge is 0.300 e. The molecule has 0 spiro atoms. The third-order valence-electron chi connectivity index (χ3n) is 3.98. The summed E-state index contributed by atoms with van der Waals surface area (Å²) in [5.74, 6) is 1.13. The van der Waals surface area contributed by atoms with Crippen molar-refractivity contribution in [2.75, 3.05) is 0 Å². The number of carbonyl (C=O) groups excluding carboxylic acids is 1. The first-order chi connectivity index (χ1) is 8.29. The van der Waals surface area contributed by atoms with Crippen LogP contribution in [0.3, 0.4) is 0 Å². The fourth-order valence-corrected chi connectivity index (χ4v) is 2.82. The second kappa shape index (κ2) is 11.7. The Kier molecular flexibility index (Phi) is 11.5. The summed E-state index contributed by atoms with van der Waals surface area (Å²) in [6.45, 7) is 2.25. The molecule has 0 saturated heterocycles. The molecular weight excluding hydrogens is 220 g/mol. The molecule has 1 atom stereocenters. The fraction of sp³-hybridized carbons (Fsp3) is 0.941. The molecule has 1 nitrogen and oxygen atoms in total. The van der Waals surface area contributed by atoms with E-state index in [1.165, 1.54) is 64.2 Å². The lowest BCUT2D eigenvalue weighted by atomic mass is 9.95. The Hall–Kier alpha value is -0.330. The third kappa shape index (κ3) is 9.67. The van der Waals surface area contributed by atoms with Gasteiger partial charge in [-0.2, -0.15) is 0 Å². The zero-order valence-corrected chi connectivity index (χ0v) is 11.7. The number of rotatable bonds is 0. The Morgan fingerprint density at radius 1 is 0.778 bits per heavy atom. The van der Waals surface area contributed by atoms with Gasteiger partial charge in [-0.1, -0.05) is 78.6 Å². The van der Waals surface area contributed by atoms with Crippen molar-refractivity contribution in [2.45, 2.75) is 97.8 Å². The summed E-state index contributed by atoms with van der Waals surface area (Å²) in [6.07, 6.45) is 16.4. The summed E-state index contributed by atoms with van der Waals surface area (Å²) < 4.78 is 0. The van der Waals surface area contributed by atoms with Gasteiger partial charge in [-0.05, 0) is 12.3 Å². The van der Waals surface area contributed by atoms with Crippen LogP contribution < -0.4 is 0 Å². The molecule has 1 heteroatoms. The molecule has 0 bridgehead atoms. The predicted molar refractivity (Wildman–Crippen MR) is 80.9 cm³/mol. The molecule has 0 aromatic carbocycles. The summed E-state index contributed by atoms with van der Waals surface area (Å²) in [5.41, 5.74) is 0. The minimum Gasteiger partial charge on any atom is -0.300 e. The van der Waals surface area contributed by atoms with Crippen LogP contribution in [0.2, 0.25) is 0 Å². The molecule has 0 aliphatic heterocycles. The van der Waals surface area contributed by atoms with Crippen LogP contribution in [0.4, 0.5) is 0 Å². The van der Waals surface area contributed by atoms with E-state index in [4.69, 9.17) is 0 Å². The van der Waals surface area contributed by atoms with E-state index in [9.17, 15) is 4.79 Å². The molecule has 1 aliphatic carbocycles. The van der Waals surface area contributed by atoms with Crippen molar-refractivity contribution in [3.05, 3.63) is 0 Å². The smallest absolute Gasteiger partial charge is 0.133 e. The molecule has 18 heavy (non-hydrogen) atoms. The quantitative estimate of drug-likeness (QED) is 0.525. The molecule has 1 aliphatic rings. The van der Waals surface area contributed by atoms with Gasteiger partial charge in [-0.3, -0.25) is 4.79 Å². The lowest BCUT2D eigenvalue weighted by Crippen LogP contribution is -2.05. The van der Waals surface area contributed by atoms with Gasteiger partial charge in [-0.15, -0.1) is 0 Å². The van der Waals surface area contributed by atoms with Crippen LogP contribution in [0.1, 0.15) is 97.8 Å². The van der Waals surface area contributed by atoms with E-state index in [0.29, 0.717) is 11.7 Å². The van der Waals surface area contributed by atoms with Gasteiger partial charge >= 0.3 is 0 Å². The first kappa shape index (κ1) is 17.7. The maximum Gasteiger partial charge on any atom is 0.133 e. The van der Waals surface area contributed by atoms with Crippen LogP contribution in [0.5, 0.6) is 0 Å². The zero-order chi connectivity index (χ0) is 12.3.